The van der Waals surface area contributed by atoms with Crippen LogP contribution in [0.25, 0.3) is 11.1 Å². The zero-order chi connectivity index (χ0) is 19.9. The summed E-state index contributed by atoms with van der Waals surface area (Å²) in [6.45, 7) is 2.82. The fraction of sp³-hybridized carbons (Fsp3) is 0.250. The topological polar surface area (TPSA) is 39.7 Å². The van der Waals surface area contributed by atoms with Crippen molar-refractivity contribution in [3.63, 3.8) is 0 Å². The van der Waals surface area contributed by atoms with Crippen molar-refractivity contribution >= 4 is 0 Å². The molecule has 1 unspecified atom stereocenters. The van der Waals surface area contributed by atoms with Gasteiger partial charge in [0.05, 0.1) is 21.3 Å². The predicted molar refractivity (Wildman–Crippen MR) is 113 cm³/mol. The van der Waals surface area contributed by atoms with E-state index in [2.05, 4.69) is 60.8 Å². The van der Waals surface area contributed by atoms with Gasteiger partial charge in [0.15, 0.2) is 11.5 Å². The Balaban J connectivity index is 1.71. The van der Waals surface area contributed by atoms with E-state index in [1.165, 1.54) is 16.7 Å². The number of hydrogen-bond donors (Lipinski definition) is 1. The molecule has 146 valence electrons. The predicted octanol–water partition coefficient (Wildman–Crippen LogP) is 5.23. The normalized spacial score (nSPS) is 11.7. The van der Waals surface area contributed by atoms with E-state index >= 15 is 0 Å². The molecule has 3 aromatic rings. The average molecular weight is 377 g/mol. The quantitative estimate of drug-likeness (QED) is 0.583. The number of ether oxygens (including phenoxy) is 3. The smallest absolute Gasteiger partial charge is 0.203 e. The molecule has 3 aromatic carbocycles. The van der Waals surface area contributed by atoms with Crippen LogP contribution in [0.3, 0.4) is 0 Å². The number of rotatable bonds is 8. The SMILES string of the molecule is COc1ccc(CNC(C)c2ccc(-c3ccccc3)cc2)c(OC)c1OC. The second kappa shape index (κ2) is 9.29. The monoisotopic (exact) mass is 377 g/mol. The minimum atomic E-state index is 0.197. The molecule has 0 bridgehead atoms. The van der Waals surface area contributed by atoms with E-state index in [9.17, 15) is 0 Å². The van der Waals surface area contributed by atoms with Crippen LogP contribution in [0.2, 0.25) is 0 Å². The number of nitrogens with one attached hydrogen (secondary N) is 1. The Hall–Kier alpha value is -2.98. The van der Waals surface area contributed by atoms with Crippen molar-refractivity contribution in [2.75, 3.05) is 21.3 Å². The first-order chi connectivity index (χ1) is 13.7. The summed E-state index contributed by atoms with van der Waals surface area (Å²) in [7, 11) is 4.89. The molecule has 0 saturated carbocycles. The van der Waals surface area contributed by atoms with Gasteiger partial charge in [-0.1, -0.05) is 60.7 Å². The fourth-order valence-corrected chi connectivity index (χ4v) is 3.28. The third kappa shape index (κ3) is 4.29. The van der Waals surface area contributed by atoms with Crippen LogP contribution in [0.15, 0.2) is 66.7 Å². The van der Waals surface area contributed by atoms with Crippen molar-refractivity contribution in [1.29, 1.82) is 0 Å². The molecule has 0 aliphatic rings. The first-order valence-corrected chi connectivity index (χ1v) is 9.34. The van der Waals surface area contributed by atoms with Crippen LogP contribution >= 0.6 is 0 Å². The molecule has 28 heavy (non-hydrogen) atoms. The summed E-state index contributed by atoms with van der Waals surface area (Å²) in [6, 6.07) is 23.2. The first-order valence-electron chi connectivity index (χ1n) is 9.34. The third-order valence-corrected chi connectivity index (χ3v) is 4.90. The van der Waals surface area contributed by atoms with E-state index in [0.29, 0.717) is 23.8 Å². The molecular formula is C24H27NO3. The molecule has 4 heteroatoms. The summed E-state index contributed by atoms with van der Waals surface area (Å²) in [5, 5.41) is 3.56. The molecule has 0 aromatic heterocycles. The van der Waals surface area contributed by atoms with Gasteiger partial charge in [0.25, 0.3) is 0 Å². The highest BCUT2D eigenvalue weighted by Gasteiger charge is 2.16. The lowest BCUT2D eigenvalue weighted by atomic mass is 10.0. The summed E-state index contributed by atoms with van der Waals surface area (Å²) in [5.74, 6) is 1.97. The van der Waals surface area contributed by atoms with Gasteiger partial charge in [-0.15, -0.1) is 0 Å². The Morgan fingerprint density at radius 2 is 1.36 bits per heavy atom. The molecule has 1 N–H and O–H groups in total. The molecule has 0 aliphatic carbocycles. The van der Waals surface area contributed by atoms with Gasteiger partial charge >= 0.3 is 0 Å². The van der Waals surface area contributed by atoms with Crippen molar-refractivity contribution in [3.8, 4) is 28.4 Å². The van der Waals surface area contributed by atoms with Crippen LogP contribution in [-0.2, 0) is 6.54 Å². The fourth-order valence-electron chi connectivity index (χ4n) is 3.28. The van der Waals surface area contributed by atoms with E-state index in [1.54, 1.807) is 21.3 Å². The van der Waals surface area contributed by atoms with Gasteiger partial charge in [-0.3, -0.25) is 0 Å². The largest absolute Gasteiger partial charge is 0.493 e. The Kier molecular flexibility index (Phi) is 6.56. The summed E-state index contributed by atoms with van der Waals surface area (Å²) in [6.07, 6.45) is 0. The third-order valence-electron chi connectivity index (χ3n) is 4.90. The molecule has 0 fully saturated rings. The molecule has 0 radical (unpaired) electrons. The highest BCUT2D eigenvalue weighted by atomic mass is 16.5. The summed E-state index contributed by atoms with van der Waals surface area (Å²) < 4.78 is 16.4. The molecule has 4 nitrogen and oxygen atoms in total. The van der Waals surface area contributed by atoms with Crippen molar-refractivity contribution in [3.05, 3.63) is 77.9 Å². The standard InChI is InChI=1S/C24H27NO3/c1-17(18-10-12-20(13-11-18)19-8-6-5-7-9-19)25-16-21-14-15-22(26-2)24(28-4)23(21)27-3/h5-15,17,25H,16H2,1-4H3. The first kappa shape index (κ1) is 19.8. The van der Waals surface area contributed by atoms with Crippen molar-refractivity contribution in [2.24, 2.45) is 0 Å². The van der Waals surface area contributed by atoms with Crippen LogP contribution < -0.4 is 19.5 Å². The van der Waals surface area contributed by atoms with E-state index in [1.807, 2.05) is 18.2 Å². The van der Waals surface area contributed by atoms with Crippen LogP contribution in [0.4, 0.5) is 0 Å². The van der Waals surface area contributed by atoms with Gasteiger partial charge in [-0.2, -0.15) is 0 Å². The molecule has 0 aliphatic heterocycles. The number of methoxy groups -OCH3 is 3. The summed E-state index contributed by atoms with van der Waals surface area (Å²) in [4.78, 5) is 0. The summed E-state index contributed by atoms with van der Waals surface area (Å²) >= 11 is 0. The van der Waals surface area contributed by atoms with Gasteiger partial charge in [0.1, 0.15) is 0 Å². The molecule has 0 spiro atoms. The lowest BCUT2D eigenvalue weighted by Gasteiger charge is -2.19. The lowest BCUT2D eigenvalue weighted by Crippen LogP contribution is -2.18. The minimum absolute atomic E-state index is 0.197. The molecule has 0 heterocycles. The maximum atomic E-state index is 5.57. The van der Waals surface area contributed by atoms with Crippen LogP contribution in [0.5, 0.6) is 17.2 Å². The van der Waals surface area contributed by atoms with Crippen LogP contribution in [0.1, 0.15) is 24.1 Å². The lowest BCUT2D eigenvalue weighted by molar-refractivity contribution is 0.321. The Bertz CT molecular complexity index is 892. The number of hydrogen-bond acceptors (Lipinski definition) is 4. The number of benzene rings is 3. The maximum absolute atomic E-state index is 5.57. The molecule has 3 rings (SSSR count). The van der Waals surface area contributed by atoms with Crippen molar-refractivity contribution in [2.45, 2.75) is 19.5 Å². The second-order valence-corrected chi connectivity index (χ2v) is 6.58. The Morgan fingerprint density at radius 1 is 0.714 bits per heavy atom. The molecule has 0 saturated heterocycles. The Labute approximate surface area is 167 Å². The summed E-state index contributed by atoms with van der Waals surface area (Å²) in [5.41, 5.74) is 4.70. The van der Waals surface area contributed by atoms with E-state index < -0.39 is 0 Å². The molecule has 1 atom stereocenters. The molecule has 0 amide bonds. The van der Waals surface area contributed by atoms with Crippen molar-refractivity contribution in [1.82, 2.24) is 5.32 Å². The van der Waals surface area contributed by atoms with Gasteiger partial charge in [0, 0.05) is 18.2 Å². The van der Waals surface area contributed by atoms with Crippen molar-refractivity contribution < 1.29 is 14.2 Å². The van der Waals surface area contributed by atoms with Crippen LogP contribution in [0, 0.1) is 0 Å². The van der Waals surface area contributed by atoms with Gasteiger partial charge in [-0.05, 0) is 29.7 Å². The molecular weight excluding hydrogens is 350 g/mol. The van der Waals surface area contributed by atoms with Crippen LogP contribution in [-0.4, -0.2) is 21.3 Å². The Morgan fingerprint density at radius 3 is 1.96 bits per heavy atom. The van der Waals surface area contributed by atoms with E-state index in [4.69, 9.17) is 14.2 Å². The zero-order valence-electron chi connectivity index (χ0n) is 16.9. The van der Waals surface area contributed by atoms with Gasteiger partial charge in [-0.25, -0.2) is 0 Å². The van der Waals surface area contributed by atoms with Gasteiger partial charge < -0.3 is 19.5 Å². The average Bonchev–Trinajstić information content (AvgIpc) is 2.77. The van der Waals surface area contributed by atoms with E-state index in [-0.39, 0.29) is 6.04 Å². The second-order valence-electron chi connectivity index (χ2n) is 6.58. The van der Waals surface area contributed by atoms with Gasteiger partial charge in [0.2, 0.25) is 5.75 Å². The maximum Gasteiger partial charge on any atom is 0.203 e. The highest BCUT2D eigenvalue weighted by molar-refractivity contribution is 5.63. The minimum Gasteiger partial charge on any atom is -0.493 e. The zero-order valence-corrected chi connectivity index (χ0v) is 16.9. The highest BCUT2D eigenvalue weighted by Crippen LogP contribution is 2.39. The van der Waals surface area contributed by atoms with E-state index in [0.717, 1.165) is 5.56 Å².